The Kier molecular flexibility index (Phi) is 4.73. The fraction of sp³-hybridized carbons (Fsp3) is 0.368. The highest BCUT2D eigenvalue weighted by Crippen LogP contribution is 2.39. The number of hydrogen-bond donors (Lipinski definition) is 2. The molecule has 0 fully saturated rings. The van der Waals surface area contributed by atoms with Crippen LogP contribution in [-0.4, -0.2) is 24.0 Å². The maximum absolute atomic E-state index is 12.8. The number of anilines is 1. The predicted octanol–water partition coefficient (Wildman–Crippen LogP) is 2.12. The maximum atomic E-state index is 12.8. The molecule has 1 aliphatic rings. The van der Waals surface area contributed by atoms with Crippen LogP contribution in [0.2, 0.25) is 0 Å². The van der Waals surface area contributed by atoms with Gasteiger partial charge in [-0.3, -0.25) is 14.5 Å². The van der Waals surface area contributed by atoms with Gasteiger partial charge in [-0.1, -0.05) is 6.07 Å². The second-order valence-electron chi connectivity index (χ2n) is 6.88. The highest BCUT2D eigenvalue weighted by molar-refractivity contribution is 6.05. The summed E-state index contributed by atoms with van der Waals surface area (Å²) in [5, 5.41) is 2.76. The van der Waals surface area contributed by atoms with Crippen LogP contribution in [0.3, 0.4) is 0 Å². The van der Waals surface area contributed by atoms with Gasteiger partial charge in [-0.05, 0) is 50.6 Å². The van der Waals surface area contributed by atoms with Crippen LogP contribution < -0.4 is 20.7 Å². The quantitative estimate of drug-likeness (QED) is 0.854. The molecular formula is C19H23N3O4. The molecule has 0 spiro atoms. The largest absolute Gasteiger partial charge is 0.476 e. The molecule has 7 heteroatoms. The Labute approximate surface area is 152 Å². The first-order chi connectivity index (χ1) is 12.3. The van der Waals surface area contributed by atoms with Crippen molar-refractivity contribution < 1.29 is 18.7 Å². The molecule has 26 heavy (non-hydrogen) atoms. The van der Waals surface area contributed by atoms with Gasteiger partial charge in [-0.25, -0.2) is 0 Å². The molecule has 1 aromatic carbocycles. The fourth-order valence-electron chi connectivity index (χ4n) is 2.82. The second kappa shape index (κ2) is 6.84. The van der Waals surface area contributed by atoms with Gasteiger partial charge in [-0.2, -0.15) is 0 Å². The van der Waals surface area contributed by atoms with Gasteiger partial charge in [0.25, 0.3) is 5.91 Å². The van der Waals surface area contributed by atoms with Gasteiger partial charge in [0.15, 0.2) is 5.60 Å². The summed E-state index contributed by atoms with van der Waals surface area (Å²) >= 11 is 0. The van der Waals surface area contributed by atoms with Crippen LogP contribution >= 0.6 is 0 Å². The first kappa shape index (κ1) is 18.0. The molecule has 1 atom stereocenters. The number of carbonyl (C=O) groups is 2. The van der Waals surface area contributed by atoms with Crippen molar-refractivity contribution in [1.29, 1.82) is 0 Å². The van der Waals surface area contributed by atoms with E-state index in [1.165, 1.54) is 4.90 Å². The van der Waals surface area contributed by atoms with Gasteiger partial charge >= 0.3 is 0 Å². The third-order valence-electron chi connectivity index (χ3n) is 4.27. The Morgan fingerprint density at radius 1 is 1.35 bits per heavy atom. The molecule has 0 saturated carbocycles. The highest BCUT2D eigenvalue weighted by atomic mass is 16.5. The monoisotopic (exact) mass is 357 g/mol. The van der Waals surface area contributed by atoms with Crippen molar-refractivity contribution in [2.24, 2.45) is 5.73 Å². The summed E-state index contributed by atoms with van der Waals surface area (Å²) in [4.78, 5) is 26.7. The summed E-state index contributed by atoms with van der Waals surface area (Å²) in [6.07, 6.45) is 1.54. The minimum Gasteiger partial charge on any atom is -0.476 e. The van der Waals surface area contributed by atoms with E-state index in [0.29, 0.717) is 17.2 Å². The lowest BCUT2D eigenvalue weighted by Crippen LogP contribution is -2.55. The van der Waals surface area contributed by atoms with Crippen LogP contribution in [0.4, 0.5) is 5.69 Å². The van der Waals surface area contributed by atoms with Crippen molar-refractivity contribution in [2.45, 2.75) is 39.0 Å². The molecule has 138 valence electrons. The Bertz CT molecular complexity index is 812. The van der Waals surface area contributed by atoms with E-state index in [1.807, 2.05) is 13.0 Å². The number of nitrogens with two attached hydrogens (primary N) is 1. The van der Waals surface area contributed by atoms with Gasteiger partial charge in [0.1, 0.15) is 18.1 Å². The van der Waals surface area contributed by atoms with Crippen LogP contribution in [0.25, 0.3) is 0 Å². The number of furan rings is 1. The van der Waals surface area contributed by atoms with Crippen molar-refractivity contribution >= 4 is 17.5 Å². The van der Waals surface area contributed by atoms with E-state index in [-0.39, 0.29) is 30.9 Å². The summed E-state index contributed by atoms with van der Waals surface area (Å²) in [5.41, 5.74) is 6.31. The molecular weight excluding hydrogens is 334 g/mol. The molecule has 2 aromatic rings. The summed E-state index contributed by atoms with van der Waals surface area (Å²) in [7, 11) is 0. The molecule has 0 radical (unpaired) electrons. The van der Waals surface area contributed by atoms with E-state index in [1.54, 1.807) is 44.4 Å². The Morgan fingerprint density at radius 3 is 2.77 bits per heavy atom. The molecule has 1 aliphatic heterocycles. The first-order valence-electron chi connectivity index (χ1n) is 8.47. The van der Waals surface area contributed by atoms with E-state index in [9.17, 15) is 9.59 Å². The number of ether oxygens (including phenoxy) is 1. The second-order valence-corrected chi connectivity index (χ2v) is 6.88. The van der Waals surface area contributed by atoms with Gasteiger partial charge in [0.05, 0.1) is 18.5 Å². The third-order valence-corrected chi connectivity index (χ3v) is 4.27. The van der Waals surface area contributed by atoms with Gasteiger partial charge in [-0.15, -0.1) is 0 Å². The smallest absolute Gasteiger partial charge is 0.271 e. The lowest BCUT2D eigenvalue weighted by atomic mass is 10.0. The van der Waals surface area contributed by atoms with E-state index >= 15 is 0 Å². The molecule has 3 rings (SSSR count). The number of rotatable bonds is 5. The van der Waals surface area contributed by atoms with E-state index < -0.39 is 5.60 Å². The number of fused-ring (bicyclic) bond motifs is 1. The van der Waals surface area contributed by atoms with Crippen molar-refractivity contribution in [2.75, 3.05) is 11.4 Å². The number of benzene rings is 1. The minimum absolute atomic E-state index is 0.109. The molecule has 2 amide bonds. The fourth-order valence-corrected chi connectivity index (χ4v) is 2.82. The summed E-state index contributed by atoms with van der Waals surface area (Å²) in [6, 6.07) is 8.78. The lowest BCUT2D eigenvalue weighted by molar-refractivity contribution is -0.134. The maximum Gasteiger partial charge on any atom is 0.271 e. The van der Waals surface area contributed by atoms with Crippen molar-refractivity contribution in [3.8, 4) is 5.75 Å². The van der Waals surface area contributed by atoms with Gasteiger partial charge in [0.2, 0.25) is 5.91 Å². The van der Waals surface area contributed by atoms with E-state index in [2.05, 4.69) is 5.32 Å². The van der Waals surface area contributed by atoms with Crippen molar-refractivity contribution in [1.82, 2.24) is 5.32 Å². The Hall–Kier alpha value is -2.80. The molecule has 2 heterocycles. The van der Waals surface area contributed by atoms with Crippen LogP contribution in [0.15, 0.2) is 41.0 Å². The average Bonchev–Trinajstić information content (AvgIpc) is 3.10. The molecule has 0 saturated heterocycles. The van der Waals surface area contributed by atoms with Crippen LogP contribution in [-0.2, 0) is 16.1 Å². The average molecular weight is 357 g/mol. The normalized spacial score (nSPS) is 16.6. The molecule has 3 N–H and O–H groups in total. The van der Waals surface area contributed by atoms with Gasteiger partial charge in [0, 0.05) is 6.04 Å². The molecule has 0 aliphatic carbocycles. The summed E-state index contributed by atoms with van der Waals surface area (Å²) in [6.45, 7) is 5.39. The summed E-state index contributed by atoms with van der Waals surface area (Å²) < 4.78 is 11.0. The van der Waals surface area contributed by atoms with Crippen LogP contribution in [0.5, 0.6) is 5.75 Å². The number of nitrogens with one attached hydrogen (secondary N) is 1. The molecule has 0 bridgehead atoms. The van der Waals surface area contributed by atoms with E-state index in [4.69, 9.17) is 14.9 Å². The van der Waals surface area contributed by atoms with Crippen LogP contribution in [0.1, 0.15) is 38.1 Å². The van der Waals surface area contributed by atoms with Crippen molar-refractivity contribution in [3.05, 3.63) is 47.9 Å². The zero-order valence-electron chi connectivity index (χ0n) is 15.1. The summed E-state index contributed by atoms with van der Waals surface area (Å²) in [5.74, 6) is 0.633. The predicted molar refractivity (Wildman–Crippen MR) is 96.7 cm³/mol. The molecule has 1 aromatic heterocycles. The lowest BCUT2D eigenvalue weighted by Gasteiger charge is -2.38. The zero-order chi connectivity index (χ0) is 18.9. The van der Waals surface area contributed by atoms with E-state index in [0.717, 1.165) is 5.56 Å². The van der Waals surface area contributed by atoms with Crippen molar-refractivity contribution in [3.63, 3.8) is 0 Å². The SMILES string of the molecule is CC(N)c1ccc2c(c1)N(CC(=O)NCc1ccco1)C(=O)C(C)(C)O2. The third kappa shape index (κ3) is 3.57. The molecule has 7 nitrogen and oxygen atoms in total. The Balaban J connectivity index is 1.83. The minimum atomic E-state index is -1.05. The van der Waals surface area contributed by atoms with Gasteiger partial charge < -0.3 is 20.2 Å². The number of amides is 2. The number of hydrogen-bond acceptors (Lipinski definition) is 5. The molecule has 1 unspecified atom stereocenters. The number of nitrogens with zero attached hydrogens (tertiary/aromatic N) is 1. The first-order valence-corrected chi connectivity index (χ1v) is 8.47. The topological polar surface area (TPSA) is 97.8 Å². The standard InChI is InChI=1S/C19H23N3O4/c1-12(20)13-6-7-16-15(9-13)22(18(24)19(2,3)26-16)11-17(23)21-10-14-5-4-8-25-14/h4-9,12H,10-11,20H2,1-3H3,(H,21,23). The highest BCUT2D eigenvalue weighted by Gasteiger charge is 2.41. The van der Waals surface area contributed by atoms with Crippen LogP contribution in [0, 0.1) is 0 Å². The zero-order valence-corrected chi connectivity index (χ0v) is 15.1. The Morgan fingerprint density at radius 2 is 2.12 bits per heavy atom. The number of carbonyl (C=O) groups excluding carboxylic acids is 2.